The Kier molecular flexibility index (Phi) is 7.07. The molecule has 0 spiro atoms. The van der Waals surface area contributed by atoms with E-state index in [0.29, 0.717) is 6.54 Å². The second kappa shape index (κ2) is 9.54. The number of guanidine groups is 1. The van der Waals surface area contributed by atoms with Gasteiger partial charge in [0.2, 0.25) is 0 Å². The Bertz CT molecular complexity index is 635. The van der Waals surface area contributed by atoms with Crippen LogP contribution >= 0.6 is 0 Å². The Morgan fingerprint density at radius 2 is 2.00 bits per heavy atom. The molecule has 0 saturated heterocycles. The summed E-state index contributed by atoms with van der Waals surface area (Å²) in [5.74, 6) is 2.53. The summed E-state index contributed by atoms with van der Waals surface area (Å²) in [4.78, 5) is 4.57. The lowest BCUT2D eigenvalue weighted by atomic mass is 10.1. The maximum absolute atomic E-state index is 5.17. The molecule has 1 aromatic heterocycles. The molecule has 24 heavy (non-hydrogen) atoms. The minimum absolute atomic E-state index is 0.506. The van der Waals surface area contributed by atoms with Gasteiger partial charge < -0.3 is 19.9 Å². The van der Waals surface area contributed by atoms with Gasteiger partial charge in [0.15, 0.2) is 11.8 Å². The van der Waals surface area contributed by atoms with Crippen LogP contribution in [0.2, 0.25) is 0 Å². The van der Waals surface area contributed by atoms with Crippen molar-refractivity contribution in [1.29, 1.82) is 0 Å². The van der Waals surface area contributed by atoms with E-state index in [4.69, 9.17) is 4.74 Å². The Labute approximate surface area is 143 Å². The van der Waals surface area contributed by atoms with Crippen LogP contribution in [-0.4, -0.2) is 40.9 Å². The average molecular weight is 330 g/mol. The summed E-state index contributed by atoms with van der Waals surface area (Å²) in [6.45, 7) is 7.09. The van der Waals surface area contributed by atoms with Crippen molar-refractivity contribution in [2.75, 3.05) is 20.2 Å². The summed E-state index contributed by atoms with van der Waals surface area (Å²) in [7, 11) is 1.68. The standard InChI is InChI=1S/C17H26N6O/c1-4-18-17(20-12-16-22-21-13-23(16)5-2)19-11-10-14-6-8-15(24-3)9-7-14/h6-9,13H,4-5,10-12H2,1-3H3,(H2,18,19,20). The Balaban J connectivity index is 1.86. The first kappa shape index (κ1) is 17.8. The van der Waals surface area contributed by atoms with E-state index in [-0.39, 0.29) is 0 Å². The van der Waals surface area contributed by atoms with Gasteiger partial charge in [0.05, 0.1) is 7.11 Å². The summed E-state index contributed by atoms with van der Waals surface area (Å²) < 4.78 is 7.16. The van der Waals surface area contributed by atoms with Gasteiger partial charge in [-0.3, -0.25) is 0 Å². The third-order valence-electron chi connectivity index (χ3n) is 3.62. The zero-order valence-corrected chi connectivity index (χ0v) is 14.6. The number of ether oxygens (including phenoxy) is 1. The van der Waals surface area contributed by atoms with Crippen molar-refractivity contribution in [3.8, 4) is 5.75 Å². The largest absolute Gasteiger partial charge is 0.497 e. The van der Waals surface area contributed by atoms with Crippen molar-refractivity contribution in [1.82, 2.24) is 25.4 Å². The number of nitrogens with one attached hydrogen (secondary N) is 2. The van der Waals surface area contributed by atoms with Gasteiger partial charge in [-0.1, -0.05) is 12.1 Å². The second-order valence-electron chi connectivity index (χ2n) is 5.25. The fourth-order valence-electron chi connectivity index (χ4n) is 2.27. The van der Waals surface area contributed by atoms with Crippen molar-refractivity contribution in [3.63, 3.8) is 0 Å². The van der Waals surface area contributed by atoms with Crippen LogP contribution in [-0.2, 0) is 19.5 Å². The molecule has 0 aliphatic heterocycles. The molecule has 0 bridgehead atoms. The number of methoxy groups -OCH3 is 1. The van der Waals surface area contributed by atoms with Gasteiger partial charge in [-0.05, 0) is 38.0 Å². The van der Waals surface area contributed by atoms with Crippen LogP contribution in [0.3, 0.4) is 0 Å². The van der Waals surface area contributed by atoms with Gasteiger partial charge in [0, 0.05) is 19.6 Å². The van der Waals surface area contributed by atoms with E-state index in [1.165, 1.54) is 5.56 Å². The second-order valence-corrected chi connectivity index (χ2v) is 5.25. The minimum Gasteiger partial charge on any atom is -0.497 e. The predicted octanol–water partition coefficient (Wildman–Crippen LogP) is 1.60. The highest BCUT2D eigenvalue weighted by Gasteiger charge is 2.03. The van der Waals surface area contributed by atoms with Crippen LogP contribution in [0.5, 0.6) is 5.75 Å². The normalized spacial score (nSPS) is 11.4. The van der Waals surface area contributed by atoms with Gasteiger partial charge in [-0.25, -0.2) is 4.99 Å². The molecule has 0 unspecified atom stereocenters. The minimum atomic E-state index is 0.506. The molecule has 0 radical (unpaired) electrons. The van der Waals surface area contributed by atoms with Gasteiger partial charge >= 0.3 is 0 Å². The van der Waals surface area contributed by atoms with Crippen LogP contribution in [0.25, 0.3) is 0 Å². The molecular formula is C17H26N6O. The molecule has 0 saturated carbocycles. The highest BCUT2D eigenvalue weighted by Crippen LogP contribution is 2.11. The maximum Gasteiger partial charge on any atom is 0.191 e. The van der Waals surface area contributed by atoms with E-state index < -0.39 is 0 Å². The number of nitrogens with zero attached hydrogens (tertiary/aromatic N) is 4. The molecule has 0 fully saturated rings. The molecule has 7 heteroatoms. The molecule has 2 aromatic rings. The third kappa shape index (κ3) is 5.26. The number of aryl methyl sites for hydroxylation is 1. The lowest BCUT2D eigenvalue weighted by Gasteiger charge is -2.11. The third-order valence-corrected chi connectivity index (χ3v) is 3.62. The van der Waals surface area contributed by atoms with E-state index in [2.05, 4.69) is 51.8 Å². The smallest absolute Gasteiger partial charge is 0.191 e. The molecule has 0 atom stereocenters. The highest BCUT2D eigenvalue weighted by atomic mass is 16.5. The lowest BCUT2D eigenvalue weighted by molar-refractivity contribution is 0.414. The van der Waals surface area contributed by atoms with Gasteiger partial charge in [0.25, 0.3) is 0 Å². The van der Waals surface area contributed by atoms with Crippen molar-refractivity contribution in [3.05, 3.63) is 42.0 Å². The van der Waals surface area contributed by atoms with Gasteiger partial charge in [-0.15, -0.1) is 10.2 Å². The van der Waals surface area contributed by atoms with Crippen LogP contribution < -0.4 is 15.4 Å². The molecule has 0 aliphatic rings. The van der Waals surface area contributed by atoms with Crippen molar-refractivity contribution in [2.24, 2.45) is 4.99 Å². The highest BCUT2D eigenvalue weighted by molar-refractivity contribution is 5.79. The van der Waals surface area contributed by atoms with E-state index >= 15 is 0 Å². The SMILES string of the molecule is CCNC(=NCc1nncn1CC)NCCc1ccc(OC)cc1. The van der Waals surface area contributed by atoms with Crippen molar-refractivity contribution in [2.45, 2.75) is 33.4 Å². The molecule has 1 heterocycles. The Morgan fingerprint density at radius 3 is 2.67 bits per heavy atom. The van der Waals surface area contributed by atoms with Crippen LogP contribution in [0.4, 0.5) is 0 Å². The molecule has 130 valence electrons. The first-order valence-corrected chi connectivity index (χ1v) is 8.28. The molecule has 0 aliphatic carbocycles. The van der Waals surface area contributed by atoms with E-state index in [9.17, 15) is 0 Å². The van der Waals surface area contributed by atoms with E-state index in [0.717, 1.165) is 43.6 Å². The summed E-state index contributed by atoms with van der Waals surface area (Å²) >= 11 is 0. The Morgan fingerprint density at radius 1 is 1.21 bits per heavy atom. The first-order chi connectivity index (χ1) is 11.8. The number of benzene rings is 1. The summed E-state index contributed by atoms with van der Waals surface area (Å²) in [6, 6.07) is 8.11. The fraction of sp³-hybridized carbons (Fsp3) is 0.471. The van der Waals surface area contributed by atoms with E-state index in [1.807, 2.05) is 16.7 Å². The fourth-order valence-corrected chi connectivity index (χ4v) is 2.27. The van der Waals surface area contributed by atoms with Crippen molar-refractivity contribution < 1.29 is 4.74 Å². The Hall–Kier alpha value is -2.57. The zero-order chi connectivity index (χ0) is 17.2. The summed E-state index contributed by atoms with van der Waals surface area (Å²) in [5, 5.41) is 14.6. The quantitative estimate of drug-likeness (QED) is 0.568. The van der Waals surface area contributed by atoms with Crippen LogP contribution in [0.1, 0.15) is 25.2 Å². The zero-order valence-electron chi connectivity index (χ0n) is 14.6. The predicted molar refractivity (Wildman–Crippen MR) is 95.2 cm³/mol. The number of hydrogen-bond donors (Lipinski definition) is 2. The van der Waals surface area contributed by atoms with Gasteiger partial charge in [0.1, 0.15) is 18.6 Å². The molecule has 2 N–H and O–H groups in total. The number of aliphatic imine (C=N–C) groups is 1. The molecule has 2 rings (SSSR count). The van der Waals surface area contributed by atoms with Crippen LogP contribution in [0.15, 0.2) is 35.6 Å². The van der Waals surface area contributed by atoms with E-state index in [1.54, 1.807) is 13.4 Å². The van der Waals surface area contributed by atoms with Crippen LogP contribution in [0, 0.1) is 0 Å². The number of rotatable bonds is 8. The first-order valence-electron chi connectivity index (χ1n) is 8.28. The number of hydrogen-bond acceptors (Lipinski definition) is 4. The lowest BCUT2D eigenvalue weighted by Crippen LogP contribution is -2.38. The topological polar surface area (TPSA) is 76.4 Å². The summed E-state index contributed by atoms with van der Waals surface area (Å²) in [5.41, 5.74) is 1.25. The molecule has 7 nitrogen and oxygen atoms in total. The number of aromatic nitrogens is 3. The maximum atomic E-state index is 5.17. The van der Waals surface area contributed by atoms with Gasteiger partial charge in [-0.2, -0.15) is 0 Å². The molecule has 0 amide bonds. The molecule has 1 aromatic carbocycles. The monoisotopic (exact) mass is 330 g/mol. The average Bonchev–Trinajstić information content (AvgIpc) is 3.08. The van der Waals surface area contributed by atoms with Crippen molar-refractivity contribution >= 4 is 5.96 Å². The summed E-state index contributed by atoms with van der Waals surface area (Å²) in [6.07, 6.45) is 2.65. The molecular weight excluding hydrogens is 304 g/mol.